The van der Waals surface area contributed by atoms with E-state index in [2.05, 4.69) is 4.98 Å². The fourth-order valence-electron chi connectivity index (χ4n) is 4.67. The van der Waals surface area contributed by atoms with Gasteiger partial charge in [-0.15, -0.1) is 11.3 Å². The Labute approximate surface area is 212 Å². The number of epoxide rings is 1. The van der Waals surface area contributed by atoms with Crippen LogP contribution in [0.4, 0.5) is 0 Å². The average Bonchev–Trinajstić information content (AvgIpc) is 3.22. The van der Waals surface area contributed by atoms with Gasteiger partial charge < -0.3 is 19.7 Å². The molecule has 0 bridgehead atoms. The standard InChI is InChI=1S/C27H39NO6S/c1-15-9-8-10-27(7)22(34-27)12-20(16(2)11-19-14-35-18(4)28-19)33-23(30)13-21(29)26(5,6)25(32)17(3)24(15)31/h8-9,11,14-15,17,20-22,24,29,31H,10,12-13H2,1-7H3/b9-8+,16-11+/t15?,17?,20?,21-,22?,24?,27?/m0/s1. The zero-order chi connectivity index (χ0) is 26.1. The number of aliphatic hydroxyl groups is 2. The van der Waals surface area contributed by atoms with Crippen LogP contribution < -0.4 is 0 Å². The summed E-state index contributed by atoms with van der Waals surface area (Å²) in [6.07, 6.45) is 3.84. The first-order valence-electron chi connectivity index (χ1n) is 12.3. The summed E-state index contributed by atoms with van der Waals surface area (Å²) in [4.78, 5) is 30.6. The highest BCUT2D eigenvalue weighted by molar-refractivity contribution is 7.09. The van der Waals surface area contributed by atoms with Crippen LogP contribution in [0.1, 0.15) is 71.5 Å². The monoisotopic (exact) mass is 505 g/mol. The average molecular weight is 506 g/mol. The molecule has 3 rings (SSSR count). The van der Waals surface area contributed by atoms with Gasteiger partial charge in [0.05, 0.1) is 46.5 Å². The van der Waals surface area contributed by atoms with E-state index in [9.17, 15) is 19.8 Å². The fraction of sp³-hybridized carbons (Fsp3) is 0.667. The van der Waals surface area contributed by atoms with Gasteiger partial charge in [0, 0.05) is 23.6 Å². The largest absolute Gasteiger partial charge is 0.458 e. The highest BCUT2D eigenvalue weighted by atomic mass is 32.1. The maximum Gasteiger partial charge on any atom is 0.309 e. The predicted octanol–water partition coefficient (Wildman–Crippen LogP) is 4.25. The smallest absolute Gasteiger partial charge is 0.309 e. The Hall–Kier alpha value is -1.87. The molecule has 3 heterocycles. The Morgan fingerprint density at radius 2 is 1.91 bits per heavy atom. The lowest BCUT2D eigenvalue weighted by molar-refractivity contribution is -0.154. The van der Waals surface area contributed by atoms with E-state index in [4.69, 9.17) is 9.47 Å². The molecule has 1 aromatic heterocycles. The van der Waals surface area contributed by atoms with Gasteiger partial charge in [0.1, 0.15) is 11.9 Å². The molecule has 0 saturated carbocycles. The maximum atomic E-state index is 13.2. The van der Waals surface area contributed by atoms with Crippen molar-refractivity contribution in [1.82, 2.24) is 4.98 Å². The van der Waals surface area contributed by atoms with E-state index in [0.29, 0.717) is 12.8 Å². The van der Waals surface area contributed by atoms with E-state index in [1.165, 1.54) is 0 Å². The minimum Gasteiger partial charge on any atom is -0.458 e. The summed E-state index contributed by atoms with van der Waals surface area (Å²) in [5, 5.41) is 24.5. The lowest BCUT2D eigenvalue weighted by Crippen LogP contribution is -2.45. The van der Waals surface area contributed by atoms with Crippen molar-refractivity contribution in [2.45, 2.75) is 97.7 Å². The molecule has 0 spiro atoms. The van der Waals surface area contributed by atoms with Crippen LogP contribution in [0.5, 0.6) is 0 Å². The predicted molar refractivity (Wildman–Crippen MR) is 136 cm³/mol. The minimum atomic E-state index is -1.25. The van der Waals surface area contributed by atoms with E-state index < -0.39 is 35.6 Å². The molecule has 2 N–H and O–H groups in total. The second kappa shape index (κ2) is 10.6. The van der Waals surface area contributed by atoms with Gasteiger partial charge in [0.15, 0.2) is 0 Å². The number of fused-ring (bicyclic) bond motifs is 1. The number of carbonyl (C=O) groups is 2. The van der Waals surface area contributed by atoms with Crippen molar-refractivity contribution in [2.24, 2.45) is 17.3 Å². The third-order valence-corrected chi connectivity index (χ3v) is 8.30. The van der Waals surface area contributed by atoms with Crippen LogP contribution in [0.2, 0.25) is 0 Å². The molecular weight excluding hydrogens is 466 g/mol. The molecule has 1 fully saturated rings. The van der Waals surface area contributed by atoms with E-state index in [1.54, 1.807) is 32.1 Å². The quantitative estimate of drug-likeness (QED) is 0.351. The molecule has 2 aliphatic rings. The number of esters is 1. The molecule has 0 aliphatic carbocycles. The zero-order valence-corrected chi connectivity index (χ0v) is 22.6. The van der Waals surface area contributed by atoms with Gasteiger partial charge in [0.2, 0.25) is 0 Å². The second-order valence-corrected chi connectivity index (χ2v) is 12.0. The van der Waals surface area contributed by atoms with Crippen LogP contribution >= 0.6 is 11.3 Å². The van der Waals surface area contributed by atoms with E-state index >= 15 is 0 Å². The van der Waals surface area contributed by atoms with Crippen LogP contribution in [0, 0.1) is 24.2 Å². The first-order chi connectivity index (χ1) is 16.2. The number of thiazole rings is 1. The number of aliphatic hydroxyl groups excluding tert-OH is 2. The number of hydrogen-bond acceptors (Lipinski definition) is 8. The molecule has 194 valence electrons. The zero-order valence-electron chi connectivity index (χ0n) is 21.8. The summed E-state index contributed by atoms with van der Waals surface area (Å²) >= 11 is 1.55. The molecule has 0 amide bonds. The molecule has 7 atom stereocenters. The summed E-state index contributed by atoms with van der Waals surface area (Å²) in [5.41, 5.74) is 0.0391. The molecule has 1 saturated heterocycles. The second-order valence-electron chi connectivity index (χ2n) is 10.9. The van der Waals surface area contributed by atoms with Gasteiger partial charge in [-0.05, 0) is 38.8 Å². The number of rotatable bonds is 2. The van der Waals surface area contributed by atoms with Gasteiger partial charge in [-0.2, -0.15) is 0 Å². The summed E-state index contributed by atoms with van der Waals surface area (Å²) < 4.78 is 11.9. The van der Waals surface area contributed by atoms with Gasteiger partial charge >= 0.3 is 5.97 Å². The Morgan fingerprint density at radius 3 is 2.54 bits per heavy atom. The van der Waals surface area contributed by atoms with Crippen LogP contribution in [-0.2, 0) is 19.1 Å². The Kier molecular flexibility index (Phi) is 8.41. The molecule has 0 aromatic carbocycles. The van der Waals surface area contributed by atoms with E-state index in [-0.39, 0.29) is 29.8 Å². The van der Waals surface area contributed by atoms with Crippen molar-refractivity contribution in [3.8, 4) is 0 Å². The van der Waals surface area contributed by atoms with Crippen molar-refractivity contribution in [3.63, 3.8) is 0 Å². The molecule has 7 nitrogen and oxygen atoms in total. The number of cyclic esters (lactones) is 1. The molecule has 2 aliphatic heterocycles. The maximum absolute atomic E-state index is 13.2. The number of hydrogen-bond donors (Lipinski definition) is 2. The number of nitrogens with zero attached hydrogens (tertiary/aromatic N) is 1. The van der Waals surface area contributed by atoms with Crippen molar-refractivity contribution in [1.29, 1.82) is 0 Å². The first-order valence-corrected chi connectivity index (χ1v) is 13.2. The van der Waals surface area contributed by atoms with Gasteiger partial charge in [-0.25, -0.2) is 4.98 Å². The first kappa shape index (κ1) is 27.7. The van der Waals surface area contributed by atoms with Crippen LogP contribution in [0.3, 0.4) is 0 Å². The molecule has 6 unspecified atom stereocenters. The molecule has 35 heavy (non-hydrogen) atoms. The molecular formula is C27H39NO6S. The lowest BCUT2D eigenvalue weighted by Gasteiger charge is -2.34. The summed E-state index contributed by atoms with van der Waals surface area (Å²) in [6, 6.07) is 0. The van der Waals surface area contributed by atoms with Crippen molar-refractivity contribution >= 4 is 29.2 Å². The van der Waals surface area contributed by atoms with Crippen molar-refractivity contribution in [2.75, 3.05) is 0 Å². The van der Waals surface area contributed by atoms with E-state index in [0.717, 1.165) is 16.3 Å². The third kappa shape index (κ3) is 6.47. The van der Waals surface area contributed by atoms with Gasteiger partial charge in [0.25, 0.3) is 0 Å². The molecule has 1 aromatic rings. The highest BCUT2D eigenvalue weighted by Gasteiger charge is 2.52. The van der Waals surface area contributed by atoms with Crippen LogP contribution in [0.15, 0.2) is 23.1 Å². The van der Waals surface area contributed by atoms with Crippen molar-refractivity contribution < 1.29 is 29.3 Å². The number of Topliss-reactive ketones (excluding diaryl/α,β-unsaturated/α-hetero) is 1. The third-order valence-electron chi connectivity index (χ3n) is 7.51. The number of ketones is 1. The number of carbonyl (C=O) groups excluding carboxylic acids is 2. The molecule has 8 heteroatoms. The number of aryl methyl sites for hydroxylation is 1. The lowest BCUT2D eigenvalue weighted by atomic mass is 9.73. The highest BCUT2D eigenvalue weighted by Crippen LogP contribution is 2.44. The SMILES string of the molecule is C/C(=C\c1csc(C)n1)C1CC2OC2(C)C/C=C/C(C)C(O)C(C)C(=O)C(C)(C)[C@@H](O)CC(=O)O1. The Bertz CT molecular complexity index is 998. The number of ether oxygens (including phenoxy) is 2. The minimum absolute atomic E-state index is 0.0968. The van der Waals surface area contributed by atoms with Gasteiger partial charge in [-0.3, -0.25) is 9.59 Å². The number of aromatic nitrogens is 1. The fourth-order valence-corrected chi connectivity index (χ4v) is 5.24. The Morgan fingerprint density at radius 1 is 1.23 bits per heavy atom. The Balaban J connectivity index is 1.89. The summed E-state index contributed by atoms with van der Waals surface area (Å²) in [5.74, 6) is -1.83. The molecule has 0 radical (unpaired) electrons. The summed E-state index contributed by atoms with van der Waals surface area (Å²) in [7, 11) is 0. The summed E-state index contributed by atoms with van der Waals surface area (Å²) in [6.45, 7) is 12.6. The van der Waals surface area contributed by atoms with Crippen LogP contribution in [0.25, 0.3) is 6.08 Å². The van der Waals surface area contributed by atoms with E-state index in [1.807, 2.05) is 51.3 Å². The van der Waals surface area contributed by atoms with Gasteiger partial charge in [-0.1, -0.05) is 39.8 Å². The normalized spacial score (nSPS) is 37.9. The van der Waals surface area contributed by atoms with Crippen molar-refractivity contribution in [3.05, 3.63) is 33.8 Å². The van der Waals surface area contributed by atoms with Crippen LogP contribution in [-0.4, -0.2) is 57.0 Å². The topological polar surface area (TPSA) is 109 Å².